The number of hydrogen-bond donors (Lipinski definition) is 1. The summed E-state index contributed by atoms with van der Waals surface area (Å²) >= 11 is 0. The molecule has 1 N–H and O–H groups in total. The van der Waals surface area contributed by atoms with Crippen LogP contribution in [0.3, 0.4) is 0 Å². The number of benzene rings is 3. The van der Waals surface area contributed by atoms with Crippen LogP contribution in [0.1, 0.15) is 10.4 Å². The molecule has 10 nitrogen and oxygen atoms in total. The summed E-state index contributed by atoms with van der Waals surface area (Å²) in [6.45, 7) is 0. The van der Waals surface area contributed by atoms with Crippen LogP contribution < -0.4 is 14.8 Å². The van der Waals surface area contributed by atoms with E-state index in [-0.39, 0.29) is 17.1 Å². The standard InChI is InChI=1S/C23H18N4O6/c1-31-19-12-11-14(13-20(19)32-2)21-25-23(33-26-21)15-7-3-5-9-17(15)24-22(28)16-8-4-6-10-18(16)27(29)30/h3-13H,1-2H3,(H,24,28). The summed E-state index contributed by atoms with van der Waals surface area (Å²) < 4.78 is 16.0. The van der Waals surface area contributed by atoms with Crippen LogP contribution >= 0.6 is 0 Å². The molecule has 4 aromatic rings. The van der Waals surface area contributed by atoms with Gasteiger partial charge in [0.05, 0.1) is 30.4 Å². The SMILES string of the molecule is COc1ccc(-c2noc(-c3ccccc3NC(=O)c3ccccc3[N+](=O)[O-])n2)cc1OC. The predicted octanol–water partition coefficient (Wildman–Crippen LogP) is 4.58. The quantitative estimate of drug-likeness (QED) is 0.322. The highest BCUT2D eigenvalue weighted by molar-refractivity contribution is 6.08. The van der Waals surface area contributed by atoms with Gasteiger partial charge in [0.15, 0.2) is 11.5 Å². The van der Waals surface area contributed by atoms with Gasteiger partial charge in [-0.05, 0) is 36.4 Å². The molecule has 3 aromatic carbocycles. The summed E-state index contributed by atoms with van der Waals surface area (Å²) in [6.07, 6.45) is 0. The van der Waals surface area contributed by atoms with E-state index in [1.54, 1.807) is 55.6 Å². The lowest BCUT2D eigenvalue weighted by Crippen LogP contribution is -2.14. The number of hydrogen-bond acceptors (Lipinski definition) is 8. The highest BCUT2D eigenvalue weighted by atomic mass is 16.6. The van der Waals surface area contributed by atoms with Crippen molar-refractivity contribution < 1.29 is 23.7 Å². The number of rotatable bonds is 7. The molecule has 1 amide bonds. The molecule has 0 saturated heterocycles. The third-order valence-electron chi connectivity index (χ3n) is 4.82. The lowest BCUT2D eigenvalue weighted by Gasteiger charge is -2.09. The first-order chi connectivity index (χ1) is 16.0. The zero-order valence-electron chi connectivity index (χ0n) is 17.6. The molecule has 0 atom stereocenters. The molecule has 4 rings (SSSR count). The van der Waals surface area contributed by atoms with Gasteiger partial charge < -0.3 is 19.3 Å². The van der Waals surface area contributed by atoms with E-state index < -0.39 is 10.8 Å². The van der Waals surface area contributed by atoms with E-state index >= 15 is 0 Å². The van der Waals surface area contributed by atoms with Gasteiger partial charge in [0.25, 0.3) is 17.5 Å². The minimum atomic E-state index is -0.630. The van der Waals surface area contributed by atoms with Crippen molar-refractivity contribution in [1.82, 2.24) is 10.1 Å². The molecule has 0 saturated carbocycles. The number of carbonyl (C=O) groups is 1. The fourth-order valence-electron chi connectivity index (χ4n) is 3.22. The van der Waals surface area contributed by atoms with Crippen LogP contribution in [0, 0.1) is 10.1 Å². The maximum atomic E-state index is 12.8. The number of nitrogens with one attached hydrogen (secondary N) is 1. The Balaban J connectivity index is 1.65. The van der Waals surface area contributed by atoms with E-state index in [2.05, 4.69) is 15.5 Å². The van der Waals surface area contributed by atoms with Crippen LogP contribution in [-0.4, -0.2) is 35.2 Å². The van der Waals surface area contributed by atoms with Crippen molar-refractivity contribution >= 4 is 17.3 Å². The van der Waals surface area contributed by atoms with Gasteiger partial charge >= 0.3 is 0 Å². The Labute approximate surface area is 187 Å². The first-order valence-electron chi connectivity index (χ1n) is 9.72. The van der Waals surface area contributed by atoms with Crippen molar-refractivity contribution in [1.29, 1.82) is 0 Å². The molecule has 0 aliphatic heterocycles. The van der Waals surface area contributed by atoms with Gasteiger partial charge in [-0.2, -0.15) is 4.98 Å². The minimum Gasteiger partial charge on any atom is -0.493 e. The smallest absolute Gasteiger partial charge is 0.282 e. The predicted molar refractivity (Wildman–Crippen MR) is 119 cm³/mol. The van der Waals surface area contributed by atoms with E-state index in [4.69, 9.17) is 14.0 Å². The van der Waals surface area contributed by atoms with Crippen molar-refractivity contribution in [3.8, 4) is 34.3 Å². The molecule has 166 valence electrons. The molecule has 10 heteroatoms. The lowest BCUT2D eigenvalue weighted by molar-refractivity contribution is -0.385. The Morgan fingerprint density at radius 1 is 1.00 bits per heavy atom. The molecule has 1 heterocycles. The average molecular weight is 446 g/mol. The molecule has 0 unspecified atom stereocenters. The summed E-state index contributed by atoms with van der Waals surface area (Å²) in [4.78, 5) is 27.9. The number of methoxy groups -OCH3 is 2. The van der Waals surface area contributed by atoms with Crippen molar-refractivity contribution in [3.05, 3.63) is 82.4 Å². The highest BCUT2D eigenvalue weighted by Crippen LogP contribution is 2.33. The first-order valence-corrected chi connectivity index (χ1v) is 9.72. The third kappa shape index (κ3) is 4.35. The number of nitrogens with zero attached hydrogens (tertiary/aromatic N) is 3. The fourth-order valence-corrected chi connectivity index (χ4v) is 3.22. The van der Waals surface area contributed by atoms with Gasteiger partial charge in [0.1, 0.15) is 5.56 Å². The molecular weight excluding hydrogens is 428 g/mol. The van der Waals surface area contributed by atoms with E-state index in [1.807, 2.05) is 0 Å². The average Bonchev–Trinajstić information content (AvgIpc) is 3.34. The van der Waals surface area contributed by atoms with Crippen LogP contribution in [0.4, 0.5) is 11.4 Å². The van der Waals surface area contributed by atoms with Crippen molar-refractivity contribution in [2.75, 3.05) is 19.5 Å². The number of carbonyl (C=O) groups excluding carboxylic acids is 1. The molecule has 0 bridgehead atoms. The topological polar surface area (TPSA) is 130 Å². The highest BCUT2D eigenvalue weighted by Gasteiger charge is 2.21. The molecule has 0 fully saturated rings. The molecule has 0 aliphatic rings. The number of aromatic nitrogens is 2. The van der Waals surface area contributed by atoms with Crippen molar-refractivity contribution in [2.24, 2.45) is 0 Å². The Morgan fingerprint density at radius 3 is 2.48 bits per heavy atom. The number of anilines is 1. The largest absolute Gasteiger partial charge is 0.493 e. The molecule has 0 spiro atoms. The Morgan fingerprint density at radius 2 is 1.73 bits per heavy atom. The van der Waals surface area contributed by atoms with E-state index in [0.29, 0.717) is 34.1 Å². The fraction of sp³-hybridized carbons (Fsp3) is 0.0870. The summed E-state index contributed by atoms with van der Waals surface area (Å²) in [5.41, 5.74) is 1.12. The van der Waals surface area contributed by atoms with Crippen LogP contribution in [-0.2, 0) is 0 Å². The van der Waals surface area contributed by atoms with Crippen molar-refractivity contribution in [2.45, 2.75) is 0 Å². The van der Waals surface area contributed by atoms with Gasteiger partial charge in [0.2, 0.25) is 5.82 Å². The van der Waals surface area contributed by atoms with Crippen LogP contribution in [0.2, 0.25) is 0 Å². The van der Waals surface area contributed by atoms with Gasteiger partial charge in [-0.25, -0.2) is 0 Å². The number of nitro groups is 1. The van der Waals surface area contributed by atoms with Crippen LogP contribution in [0.15, 0.2) is 71.3 Å². The van der Waals surface area contributed by atoms with Gasteiger partial charge in [-0.1, -0.05) is 29.4 Å². The zero-order chi connectivity index (χ0) is 23.4. The lowest BCUT2D eigenvalue weighted by atomic mass is 10.1. The Bertz CT molecular complexity index is 1330. The molecule has 0 aliphatic carbocycles. The first kappa shape index (κ1) is 21.5. The summed E-state index contributed by atoms with van der Waals surface area (Å²) in [7, 11) is 3.07. The maximum absolute atomic E-state index is 12.8. The molecule has 1 aromatic heterocycles. The van der Waals surface area contributed by atoms with Crippen LogP contribution in [0.25, 0.3) is 22.8 Å². The Kier molecular flexibility index (Phi) is 5.98. The molecule has 0 radical (unpaired) electrons. The zero-order valence-corrected chi connectivity index (χ0v) is 17.6. The van der Waals surface area contributed by atoms with Crippen LogP contribution in [0.5, 0.6) is 11.5 Å². The number of nitro benzene ring substituents is 1. The Hall–Kier alpha value is -4.73. The summed E-state index contributed by atoms with van der Waals surface area (Å²) in [5.74, 6) is 0.921. The summed E-state index contributed by atoms with van der Waals surface area (Å²) in [6, 6.07) is 17.7. The van der Waals surface area contributed by atoms with Gasteiger partial charge in [-0.15, -0.1) is 0 Å². The van der Waals surface area contributed by atoms with E-state index in [0.717, 1.165) is 0 Å². The monoisotopic (exact) mass is 446 g/mol. The minimum absolute atomic E-state index is 0.0613. The van der Waals surface area contributed by atoms with Crippen molar-refractivity contribution in [3.63, 3.8) is 0 Å². The second kappa shape index (κ2) is 9.18. The number of para-hydroxylation sites is 2. The normalized spacial score (nSPS) is 10.5. The maximum Gasteiger partial charge on any atom is 0.282 e. The van der Waals surface area contributed by atoms with Gasteiger partial charge in [-0.3, -0.25) is 14.9 Å². The van der Waals surface area contributed by atoms with E-state index in [1.165, 1.54) is 25.3 Å². The van der Waals surface area contributed by atoms with E-state index in [9.17, 15) is 14.9 Å². The molecular formula is C23H18N4O6. The second-order valence-electron chi connectivity index (χ2n) is 6.77. The number of ether oxygens (including phenoxy) is 2. The second-order valence-corrected chi connectivity index (χ2v) is 6.77. The molecule has 33 heavy (non-hydrogen) atoms. The van der Waals surface area contributed by atoms with Gasteiger partial charge in [0, 0.05) is 11.6 Å². The summed E-state index contributed by atoms with van der Waals surface area (Å²) in [5, 5.41) is 18.0. The number of amides is 1. The third-order valence-corrected chi connectivity index (χ3v) is 4.82.